The van der Waals surface area contributed by atoms with Crippen LogP contribution in [-0.4, -0.2) is 20.0 Å². The number of hydrogen-bond donors (Lipinski definition) is 2. The number of anilines is 2. The van der Waals surface area contributed by atoms with Crippen molar-refractivity contribution in [3.05, 3.63) is 59.7 Å². The van der Waals surface area contributed by atoms with Crippen LogP contribution in [0, 0.1) is 5.92 Å². The number of carbonyl (C=O) groups excluding carboxylic acids is 1. The van der Waals surface area contributed by atoms with Crippen molar-refractivity contribution in [1.29, 1.82) is 0 Å². The minimum absolute atomic E-state index is 0. The molecule has 4 nitrogen and oxygen atoms in total. The Bertz CT molecular complexity index is 771. The molecule has 9 heteroatoms. The van der Waals surface area contributed by atoms with E-state index in [1.54, 1.807) is 25.9 Å². The number of hydrogen-bond acceptors (Lipinski definition) is 3. The number of amides is 1. The van der Waals surface area contributed by atoms with Gasteiger partial charge in [0.1, 0.15) is 0 Å². The first kappa shape index (κ1) is 26.0. The molecular weight excluding hydrogens is 414 g/mol. The number of nitrogens with two attached hydrogens (primary N) is 1. The van der Waals surface area contributed by atoms with Gasteiger partial charge in [0.05, 0.1) is 22.9 Å². The van der Waals surface area contributed by atoms with Crippen LogP contribution >= 0.6 is 24.8 Å². The molecule has 2 rings (SSSR count). The molecule has 0 aliphatic carbocycles. The van der Waals surface area contributed by atoms with Crippen molar-refractivity contribution in [2.45, 2.75) is 19.1 Å². The van der Waals surface area contributed by atoms with Crippen molar-refractivity contribution < 1.29 is 18.0 Å². The lowest BCUT2D eigenvalue weighted by Crippen LogP contribution is -2.31. The molecule has 2 aromatic rings. The van der Waals surface area contributed by atoms with Crippen LogP contribution in [0.1, 0.15) is 24.1 Å². The van der Waals surface area contributed by atoms with E-state index >= 15 is 0 Å². The highest BCUT2D eigenvalue weighted by Gasteiger charge is 2.32. The molecule has 0 aliphatic heterocycles. The lowest BCUT2D eigenvalue weighted by molar-refractivity contribution is -0.137. The average Bonchev–Trinajstić information content (AvgIpc) is 2.60. The molecule has 0 fully saturated rings. The third kappa shape index (κ3) is 6.29. The molecular formula is C19H24Cl2F3N3O. The second kappa shape index (κ2) is 10.5. The Hall–Kier alpha value is -1.96. The van der Waals surface area contributed by atoms with Crippen molar-refractivity contribution in [2.24, 2.45) is 11.7 Å². The van der Waals surface area contributed by atoms with Gasteiger partial charge in [-0.15, -0.1) is 24.8 Å². The fourth-order valence-electron chi connectivity index (χ4n) is 2.58. The summed E-state index contributed by atoms with van der Waals surface area (Å²) in [5.74, 6) is -1.06. The van der Waals surface area contributed by atoms with Gasteiger partial charge in [0.25, 0.3) is 0 Å². The molecule has 156 valence electrons. The number of benzene rings is 2. The van der Waals surface area contributed by atoms with E-state index in [4.69, 9.17) is 5.73 Å². The van der Waals surface area contributed by atoms with Crippen LogP contribution in [0.4, 0.5) is 24.5 Å². The Morgan fingerprint density at radius 2 is 1.64 bits per heavy atom. The Labute approximate surface area is 175 Å². The summed E-state index contributed by atoms with van der Waals surface area (Å²) < 4.78 is 39.0. The van der Waals surface area contributed by atoms with Gasteiger partial charge in [-0.05, 0) is 23.8 Å². The fraction of sp³-hybridized carbons (Fsp3) is 0.316. The molecule has 2 unspecified atom stereocenters. The van der Waals surface area contributed by atoms with E-state index in [1.807, 2.05) is 30.3 Å². The Morgan fingerprint density at radius 1 is 1.07 bits per heavy atom. The summed E-state index contributed by atoms with van der Waals surface area (Å²) in [5.41, 5.74) is 6.68. The topological polar surface area (TPSA) is 58.4 Å². The van der Waals surface area contributed by atoms with Crippen molar-refractivity contribution in [2.75, 3.05) is 24.3 Å². The van der Waals surface area contributed by atoms with Crippen LogP contribution in [0.3, 0.4) is 0 Å². The van der Waals surface area contributed by atoms with Gasteiger partial charge in [0.15, 0.2) is 0 Å². The normalized spacial score (nSPS) is 12.8. The van der Waals surface area contributed by atoms with Gasteiger partial charge in [0.2, 0.25) is 5.91 Å². The number of carbonyl (C=O) groups is 1. The zero-order valence-electron chi connectivity index (χ0n) is 15.7. The van der Waals surface area contributed by atoms with E-state index in [1.165, 1.54) is 6.07 Å². The Morgan fingerprint density at radius 3 is 2.14 bits per heavy atom. The SMILES string of the molecule is CC(C(=O)Nc1cc(C(F)(F)F)ccc1N(C)C)C(N)c1ccccc1.Cl.Cl. The van der Waals surface area contributed by atoms with Crippen LogP contribution < -0.4 is 16.0 Å². The highest BCUT2D eigenvalue weighted by molar-refractivity contribution is 5.96. The molecule has 0 spiro atoms. The number of alkyl halides is 3. The van der Waals surface area contributed by atoms with Crippen molar-refractivity contribution in [1.82, 2.24) is 0 Å². The second-order valence-corrected chi connectivity index (χ2v) is 6.34. The van der Waals surface area contributed by atoms with Crippen molar-refractivity contribution >= 4 is 42.1 Å². The van der Waals surface area contributed by atoms with Gasteiger partial charge >= 0.3 is 6.18 Å². The van der Waals surface area contributed by atoms with Gasteiger partial charge in [-0.25, -0.2) is 0 Å². The van der Waals surface area contributed by atoms with E-state index in [0.29, 0.717) is 5.69 Å². The van der Waals surface area contributed by atoms with Gasteiger partial charge in [-0.1, -0.05) is 37.3 Å². The minimum Gasteiger partial charge on any atom is -0.376 e. The zero-order valence-corrected chi connectivity index (χ0v) is 17.3. The van der Waals surface area contributed by atoms with Crippen molar-refractivity contribution in [3.8, 4) is 0 Å². The molecule has 3 N–H and O–H groups in total. The van der Waals surface area contributed by atoms with Crippen LogP contribution in [-0.2, 0) is 11.0 Å². The monoisotopic (exact) mass is 437 g/mol. The molecule has 0 saturated carbocycles. The molecule has 2 atom stereocenters. The van der Waals surface area contributed by atoms with Crippen LogP contribution in [0.5, 0.6) is 0 Å². The van der Waals surface area contributed by atoms with E-state index in [0.717, 1.165) is 17.7 Å². The van der Waals surface area contributed by atoms with E-state index in [9.17, 15) is 18.0 Å². The maximum Gasteiger partial charge on any atom is 0.416 e. The van der Waals surface area contributed by atoms with Crippen LogP contribution in [0.15, 0.2) is 48.5 Å². The molecule has 28 heavy (non-hydrogen) atoms. The summed E-state index contributed by atoms with van der Waals surface area (Å²) in [6.07, 6.45) is -4.49. The standard InChI is InChI=1S/C19H22F3N3O.2ClH/c1-12(17(23)13-7-5-4-6-8-13)18(26)24-15-11-14(19(20,21)22)9-10-16(15)25(2)3;;/h4-12,17H,23H2,1-3H3,(H,24,26);2*1H. The first-order valence-corrected chi connectivity index (χ1v) is 8.11. The molecule has 0 saturated heterocycles. The van der Waals surface area contributed by atoms with Crippen molar-refractivity contribution in [3.63, 3.8) is 0 Å². The van der Waals surface area contributed by atoms with E-state index in [2.05, 4.69) is 5.32 Å². The number of halogens is 5. The highest BCUT2D eigenvalue weighted by Crippen LogP contribution is 2.35. The lowest BCUT2D eigenvalue weighted by atomic mass is 9.94. The smallest absolute Gasteiger partial charge is 0.376 e. The maximum absolute atomic E-state index is 13.0. The third-order valence-corrected chi connectivity index (χ3v) is 4.20. The Kier molecular flexibility index (Phi) is 9.81. The fourth-order valence-corrected chi connectivity index (χ4v) is 2.58. The molecule has 0 radical (unpaired) electrons. The number of rotatable bonds is 5. The molecule has 2 aromatic carbocycles. The average molecular weight is 438 g/mol. The van der Waals surface area contributed by atoms with Gasteiger partial charge in [-0.3, -0.25) is 4.79 Å². The predicted molar refractivity (Wildman–Crippen MR) is 111 cm³/mol. The predicted octanol–water partition coefficient (Wildman–Crippen LogP) is 4.89. The summed E-state index contributed by atoms with van der Waals surface area (Å²) in [5, 5.41) is 2.59. The highest BCUT2D eigenvalue weighted by atomic mass is 35.5. The van der Waals surface area contributed by atoms with E-state index in [-0.39, 0.29) is 30.5 Å². The minimum atomic E-state index is -4.49. The van der Waals surface area contributed by atoms with Gasteiger partial charge in [-0.2, -0.15) is 13.2 Å². The molecule has 0 aromatic heterocycles. The van der Waals surface area contributed by atoms with Crippen LogP contribution in [0.25, 0.3) is 0 Å². The molecule has 0 aliphatic rings. The van der Waals surface area contributed by atoms with E-state index < -0.39 is 29.6 Å². The molecule has 1 amide bonds. The largest absolute Gasteiger partial charge is 0.416 e. The first-order valence-electron chi connectivity index (χ1n) is 8.11. The van der Waals surface area contributed by atoms with Gasteiger partial charge < -0.3 is 16.0 Å². The molecule has 0 bridgehead atoms. The van der Waals surface area contributed by atoms with Crippen LogP contribution in [0.2, 0.25) is 0 Å². The zero-order chi connectivity index (χ0) is 19.5. The first-order chi connectivity index (χ1) is 12.1. The third-order valence-electron chi connectivity index (χ3n) is 4.20. The Balaban J connectivity index is 0.00000364. The number of nitrogens with zero attached hydrogens (tertiary/aromatic N) is 1. The lowest BCUT2D eigenvalue weighted by Gasteiger charge is -2.23. The summed E-state index contributed by atoms with van der Waals surface area (Å²) >= 11 is 0. The summed E-state index contributed by atoms with van der Waals surface area (Å²) in [4.78, 5) is 14.2. The quantitative estimate of drug-likeness (QED) is 0.699. The summed E-state index contributed by atoms with van der Waals surface area (Å²) in [6, 6.07) is 11.8. The summed E-state index contributed by atoms with van der Waals surface area (Å²) in [6.45, 7) is 1.65. The molecule has 0 heterocycles. The maximum atomic E-state index is 13.0. The van der Waals surface area contributed by atoms with Gasteiger partial charge in [0, 0.05) is 20.1 Å². The number of nitrogens with one attached hydrogen (secondary N) is 1. The summed E-state index contributed by atoms with van der Waals surface area (Å²) in [7, 11) is 3.38. The second-order valence-electron chi connectivity index (χ2n) is 6.34.